The van der Waals surface area contributed by atoms with Gasteiger partial charge in [0, 0.05) is 23.7 Å². The Morgan fingerprint density at radius 3 is 2.85 bits per heavy atom. The van der Waals surface area contributed by atoms with Gasteiger partial charge in [0.25, 0.3) is 0 Å². The Balaban J connectivity index is 1.89. The summed E-state index contributed by atoms with van der Waals surface area (Å²) in [7, 11) is 1.60. The number of amides is 2. The van der Waals surface area contributed by atoms with Gasteiger partial charge in [-0.25, -0.2) is 10.2 Å². The van der Waals surface area contributed by atoms with Crippen LogP contribution in [0.5, 0.6) is 5.75 Å². The Morgan fingerprint density at radius 1 is 1.40 bits per heavy atom. The van der Waals surface area contributed by atoms with Crippen LogP contribution >= 0.6 is 0 Å². The summed E-state index contributed by atoms with van der Waals surface area (Å²) in [6.45, 7) is 4.23. The fourth-order valence-electron chi connectivity index (χ4n) is 2.34. The van der Waals surface area contributed by atoms with Crippen LogP contribution in [0, 0.1) is 5.92 Å². The fraction of sp³-hybridized carbons (Fsp3) is 0.500. The molecule has 1 aromatic rings. The topological polar surface area (TPSA) is 74.4 Å². The highest BCUT2D eigenvalue weighted by molar-refractivity contribution is 5.89. The molecule has 0 spiro atoms. The van der Waals surface area contributed by atoms with E-state index in [9.17, 15) is 4.79 Å². The third-order valence-corrected chi connectivity index (χ3v) is 3.64. The van der Waals surface area contributed by atoms with Crippen molar-refractivity contribution in [2.45, 2.75) is 32.5 Å². The van der Waals surface area contributed by atoms with E-state index in [1.807, 2.05) is 18.2 Å². The first-order valence-electron chi connectivity index (χ1n) is 6.86. The van der Waals surface area contributed by atoms with Crippen LogP contribution in [0.4, 0.5) is 10.5 Å². The number of benzene rings is 1. The summed E-state index contributed by atoms with van der Waals surface area (Å²) < 4.78 is 5.12. The third kappa shape index (κ3) is 3.40. The van der Waals surface area contributed by atoms with Crippen molar-refractivity contribution in [3.63, 3.8) is 0 Å². The van der Waals surface area contributed by atoms with Gasteiger partial charge < -0.3 is 15.4 Å². The molecule has 1 heterocycles. The van der Waals surface area contributed by atoms with Crippen molar-refractivity contribution in [3.05, 3.63) is 24.3 Å². The summed E-state index contributed by atoms with van der Waals surface area (Å²) in [6, 6.07) is 7.40. The second-order valence-corrected chi connectivity index (χ2v) is 4.97. The summed E-state index contributed by atoms with van der Waals surface area (Å²) in [5.41, 5.74) is 6.98. The van der Waals surface area contributed by atoms with Gasteiger partial charge >= 0.3 is 6.03 Å². The van der Waals surface area contributed by atoms with Gasteiger partial charge in [-0.15, -0.1) is 0 Å². The average Bonchev–Trinajstić information content (AvgIpc) is 2.79. The lowest BCUT2D eigenvalue weighted by Gasteiger charge is -2.19. The van der Waals surface area contributed by atoms with Crippen LogP contribution in [0.15, 0.2) is 24.3 Å². The smallest absolute Gasteiger partial charge is 0.320 e. The predicted molar refractivity (Wildman–Crippen MR) is 78.5 cm³/mol. The van der Waals surface area contributed by atoms with E-state index in [4.69, 9.17) is 4.74 Å². The zero-order valence-corrected chi connectivity index (χ0v) is 12.1. The molecule has 3 atom stereocenters. The molecule has 0 saturated carbocycles. The highest BCUT2D eigenvalue weighted by atomic mass is 16.5. The minimum Gasteiger partial charge on any atom is -0.497 e. The molecule has 2 amide bonds. The monoisotopic (exact) mass is 278 g/mol. The molecule has 1 saturated heterocycles. The first kappa shape index (κ1) is 14.6. The molecular weight excluding hydrogens is 256 g/mol. The number of carbonyl (C=O) groups excluding carboxylic acids is 1. The highest BCUT2D eigenvalue weighted by Gasteiger charge is 2.31. The normalized spacial score (nSPS) is 25.2. The number of hydrazine groups is 1. The van der Waals surface area contributed by atoms with Crippen molar-refractivity contribution in [1.29, 1.82) is 0 Å². The summed E-state index contributed by atoms with van der Waals surface area (Å²) in [5.74, 6) is 1.04. The number of hydrogen-bond acceptors (Lipinski definition) is 4. The van der Waals surface area contributed by atoms with E-state index in [2.05, 4.69) is 35.3 Å². The molecule has 1 aromatic carbocycles. The Kier molecular flexibility index (Phi) is 4.81. The number of rotatable bonds is 4. The maximum atomic E-state index is 12.0. The molecule has 2 rings (SSSR count). The zero-order chi connectivity index (χ0) is 14.5. The van der Waals surface area contributed by atoms with Crippen molar-refractivity contribution in [1.82, 2.24) is 16.2 Å². The molecule has 0 aliphatic carbocycles. The second-order valence-electron chi connectivity index (χ2n) is 4.97. The number of methoxy groups -OCH3 is 1. The molecule has 4 N–H and O–H groups in total. The first-order chi connectivity index (χ1) is 9.63. The Hall–Kier alpha value is -1.79. The molecule has 6 heteroatoms. The summed E-state index contributed by atoms with van der Waals surface area (Å²) in [6.07, 6.45) is 0.940. The zero-order valence-electron chi connectivity index (χ0n) is 12.1. The number of anilines is 1. The van der Waals surface area contributed by atoms with E-state index >= 15 is 0 Å². The summed E-state index contributed by atoms with van der Waals surface area (Å²) >= 11 is 0. The SMILES string of the molecule is CCC1NNC(NC(=O)Nc2cccc(OC)c2)C1C. The molecule has 1 aliphatic rings. The lowest BCUT2D eigenvalue weighted by atomic mass is 9.99. The Bertz CT molecular complexity index is 466. The number of carbonyl (C=O) groups is 1. The van der Waals surface area contributed by atoms with E-state index in [1.165, 1.54) is 0 Å². The minimum atomic E-state index is -0.235. The van der Waals surface area contributed by atoms with E-state index in [0.717, 1.165) is 6.42 Å². The van der Waals surface area contributed by atoms with Gasteiger partial charge in [-0.1, -0.05) is 19.9 Å². The van der Waals surface area contributed by atoms with Crippen molar-refractivity contribution >= 4 is 11.7 Å². The van der Waals surface area contributed by atoms with Crippen molar-refractivity contribution in [3.8, 4) is 5.75 Å². The van der Waals surface area contributed by atoms with Gasteiger partial charge in [0.05, 0.1) is 13.3 Å². The quantitative estimate of drug-likeness (QED) is 0.676. The van der Waals surface area contributed by atoms with Crippen LogP contribution < -0.4 is 26.2 Å². The fourth-order valence-corrected chi connectivity index (χ4v) is 2.34. The van der Waals surface area contributed by atoms with Crippen LogP contribution in [-0.4, -0.2) is 25.3 Å². The maximum absolute atomic E-state index is 12.0. The van der Waals surface area contributed by atoms with E-state index < -0.39 is 0 Å². The lowest BCUT2D eigenvalue weighted by Crippen LogP contribution is -2.48. The van der Waals surface area contributed by atoms with Gasteiger partial charge in [-0.05, 0) is 18.6 Å². The molecule has 0 aromatic heterocycles. The largest absolute Gasteiger partial charge is 0.497 e. The van der Waals surface area contributed by atoms with Crippen LogP contribution in [0.1, 0.15) is 20.3 Å². The molecule has 20 heavy (non-hydrogen) atoms. The van der Waals surface area contributed by atoms with Crippen molar-refractivity contribution in [2.75, 3.05) is 12.4 Å². The molecule has 1 aliphatic heterocycles. The van der Waals surface area contributed by atoms with Crippen molar-refractivity contribution in [2.24, 2.45) is 5.92 Å². The molecule has 0 radical (unpaired) electrons. The molecule has 1 fully saturated rings. The number of hydrogen-bond donors (Lipinski definition) is 4. The number of nitrogens with one attached hydrogen (secondary N) is 4. The minimum absolute atomic E-state index is 0.0782. The molecular formula is C14H22N4O2. The maximum Gasteiger partial charge on any atom is 0.320 e. The number of ether oxygens (including phenoxy) is 1. The Labute approximate surface area is 119 Å². The van der Waals surface area contributed by atoms with Crippen LogP contribution in [0.2, 0.25) is 0 Å². The molecule has 0 bridgehead atoms. The van der Waals surface area contributed by atoms with Gasteiger partial charge in [-0.3, -0.25) is 5.43 Å². The van der Waals surface area contributed by atoms with Crippen LogP contribution in [-0.2, 0) is 0 Å². The van der Waals surface area contributed by atoms with E-state index in [0.29, 0.717) is 23.4 Å². The van der Waals surface area contributed by atoms with E-state index in [1.54, 1.807) is 13.2 Å². The first-order valence-corrected chi connectivity index (χ1v) is 6.86. The lowest BCUT2D eigenvalue weighted by molar-refractivity contribution is 0.243. The predicted octanol–water partition coefficient (Wildman–Crippen LogP) is 1.67. The van der Waals surface area contributed by atoms with Crippen LogP contribution in [0.25, 0.3) is 0 Å². The highest BCUT2D eigenvalue weighted by Crippen LogP contribution is 2.17. The van der Waals surface area contributed by atoms with Gasteiger partial charge in [0.2, 0.25) is 0 Å². The van der Waals surface area contributed by atoms with Gasteiger partial charge in [-0.2, -0.15) is 0 Å². The second kappa shape index (κ2) is 6.58. The molecule has 6 nitrogen and oxygen atoms in total. The number of urea groups is 1. The van der Waals surface area contributed by atoms with Gasteiger partial charge in [0.15, 0.2) is 0 Å². The molecule has 110 valence electrons. The standard InChI is InChI=1S/C14H22N4O2/c1-4-12-9(2)13(18-17-12)16-14(19)15-10-6-5-7-11(8-10)20-3/h5-9,12-13,17-18H,4H2,1-3H3,(H2,15,16,19). The van der Waals surface area contributed by atoms with E-state index in [-0.39, 0.29) is 12.2 Å². The third-order valence-electron chi connectivity index (χ3n) is 3.64. The Morgan fingerprint density at radius 2 is 2.20 bits per heavy atom. The summed E-state index contributed by atoms with van der Waals surface area (Å²) in [5, 5.41) is 5.71. The van der Waals surface area contributed by atoms with Crippen LogP contribution in [0.3, 0.4) is 0 Å². The van der Waals surface area contributed by atoms with Crippen molar-refractivity contribution < 1.29 is 9.53 Å². The van der Waals surface area contributed by atoms with Gasteiger partial charge in [0.1, 0.15) is 5.75 Å². The average molecular weight is 278 g/mol. The molecule has 3 unspecified atom stereocenters. The summed E-state index contributed by atoms with van der Waals surface area (Å²) in [4.78, 5) is 12.0.